The van der Waals surface area contributed by atoms with Crippen molar-refractivity contribution in [3.05, 3.63) is 23.8 Å². The molecule has 17 heavy (non-hydrogen) atoms. The van der Waals surface area contributed by atoms with Crippen LogP contribution in [0.4, 0.5) is 0 Å². The van der Waals surface area contributed by atoms with E-state index in [1.807, 2.05) is 0 Å². The second-order valence-corrected chi connectivity index (χ2v) is 5.99. The smallest absolute Gasteiger partial charge is 0.334 e. The largest absolute Gasteiger partial charge is 0.457 e. The van der Waals surface area contributed by atoms with Crippen molar-refractivity contribution in [3.8, 4) is 0 Å². The molecule has 1 saturated heterocycles. The highest BCUT2D eigenvalue weighted by Crippen LogP contribution is 2.56. The van der Waals surface area contributed by atoms with Gasteiger partial charge in [-0.3, -0.25) is 0 Å². The molecule has 2 nitrogen and oxygen atoms in total. The molecule has 0 unspecified atom stereocenters. The van der Waals surface area contributed by atoms with Gasteiger partial charge in [0.1, 0.15) is 6.10 Å². The minimum Gasteiger partial charge on any atom is -0.457 e. The van der Waals surface area contributed by atoms with Gasteiger partial charge in [-0.15, -0.1) is 0 Å². The van der Waals surface area contributed by atoms with Crippen molar-refractivity contribution >= 4 is 5.97 Å². The quantitative estimate of drug-likeness (QED) is 0.364. The number of hydrogen-bond acceptors (Lipinski definition) is 2. The zero-order chi connectivity index (χ0) is 12.2. The fourth-order valence-electron chi connectivity index (χ4n) is 3.96. The topological polar surface area (TPSA) is 26.3 Å². The summed E-state index contributed by atoms with van der Waals surface area (Å²) >= 11 is 0. The van der Waals surface area contributed by atoms with Gasteiger partial charge in [0.15, 0.2) is 0 Å². The summed E-state index contributed by atoms with van der Waals surface area (Å²) in [5.74, 6) is 0.680. The molecule has 0 amide bonds. The van der Waals surface area contributed by atoms with E-state index in [9.17, 15) is 4.79 Å². The first-order valence-electron chi connectivity index (χ1n) is 6.64. The lowest BCUT2D eigenvalue weighted by molar-refractivity contribution is -0.146. The molecular weight excluding hydrogens is 212 g/mol. The van der Waals surface area contributed by atoms with Gasteiger partial charge in [-0.25, -0.2) is 4.79 Å². The monoisotopic (exact) mass is 232 g/mol. The van der Waals surface area contributed by atoms with Crippen molar-refractivity contribution in [2.24, 2.45) is 17.3 Å². The third kappa shape index (κ3) is 1.30. The summed E-state index contributed by atoms with van der Waals surface area (Å²) in [6.07, 6.45) is 6.94. The van der Waals surface area contributed by atoms with Gasteiger partial charge in [0.05, 0.1) is 0 Å². The summed E-state index contributed by atoms with van der Waals surface area (Å²) in [6, 6.07) is 0. The van der Waals surface area contributed by atoms with Gasteiger partial charge < -0.3 is 4.74 Å². The zero-order valence-electron chi connectivity index (χ0n) is 10.7. The molecule has 0 N–H and O–H groups in total. The molecule has 2 fully saturated rings. The highest BCUT2D eigenvalue weighted by Gasteiger charge is 2.55. The summed E-state index contributed by atoms with van der Waals surface area (Å²) in [6.45, 7) is 8.50. The molecule has 1 saturated carbocycles. The van der Waals surface area contributed by atoms with Crippen molar-refractivity contribution in [1.29, 1.82) is 0 Å². The van der Waals surface area contributed by atoms with Crippen molar-refractivity contribution < 1.29 is 9.53 Å². The standard InChI is InChI=1S/C15H20O2/c1-9-5-4-6-11-7-8-12-10(2)14(16)17-13(12)15(9,11)3/h6,9,12-13H,2,4-5,7-8H2,1,3H3/t9-,12+,13-,15-/m1/s1. The van der Waals surface area contributed by atoms with Crippen LogP contribution in [0.3, 0.4) is 0 Å². The lowest BCUT2D eigenvalue weighted by Crippen LogP contribution is -2.47. The van der Waals surface area contributed by atoms with E-state index in [2.05, 4.69) is 26.5 Å². The number of hydrogen-bond donors (Lipinski definition) is 0. The minimum atomic E-state index is -0.166. The average Bonchev–Trinajstić information content (AvgIpc) is 2.59. The van der Waals surface area contributed by atoms with Crippen LogP contribution in [0.5, 0.6) is 0 Å². The van der Waals surface area contributed by atoms with E-state index < -0.39 is 0 Å². The molecule has 1 heterocycles. The fraction of sp³-hybridized carbons (Fsp3) is 0.667. The first kappa shape index (κ1) is 11.1. The molecule has 92 valence electrons. The Labute approximate surface area is 103 Å². The number of carbonyl (C=O) groups is 1. The zero-order valence-corrected chi connectivity index (χ0v) is 10.7. The molecule has 0 spiro atoms. The van der Waals surface area contributed by atoms with Crippen LogP contribution in [0.2, 0.25) is 0 Å². The second kappa shape index (κ2) is 3.47. The molecule has 0 aromatic heterocycles. The first-order valence-corrected chi connectivity index (χ1v) is 6.64. The van der Waals surface area contributed by atoms with E-state index in [4.69, 9.17) is 4.74 Å². The highest BCUT2D eigenvalue weighted by molar-refractivity contribution is 5.91. The minimum absolute atomic E-state index is 0.0396. The summed E-state index contributed by atoms with van der Waals surface area (Å²) in [4.78, 5) is 11.7. The van der Waals surface area contributed by atoms with Crippen LogP contribution in [0.15, 0.2) is 23.8 Å². The molecule has 0 bridgehead atoms. The Balaban J connectivity index is 2.05. The molecular formula is C15H20O2. The van der Waals surface area contributed by atoms with E-state index in [0.29, 0.717) is 11.5 Å². The van der Waals surface area contributed by atoms with E-state index in [0.717, 1.165) is 12.8 Å². The third-order valence-electron chi connectivity index (χ3n) is 5.33. The Morgan fingerprint density at radius 3 is 3.00 bits per heavy atom. The Morgan fingerprint density at radius 1 is 1.47 bits per heavy atom. The second-order valence-electron chi connectivity index (χ2n) is 5.99. The van der Waals surface area contributed by atoms with Crippen LogP contribution < -0.4 is 0 Å². The predicted octanol–water partition coefficient (Wildman–Crippen LogP) is 3.24. The van der Waals surface area contributed by atoms with Gasteiger partial charge in [0.2, 0.25) is 0 Å². The van der Waals surface area contributed by atoms with Crippen molar-refractivity contribution in [2.75, 3.05) is 0 Å². The number of rotatable bonds is 0. The van der Waals surface area contributed by atoms with Crippen LogP contribution >= 0.6 is 0 Å². The number of carbonyl (C=O) groups excluding carboxylic acids is 1. The van der Waals surface area contributed by atoms with Gasteiger partial charge in [-0.05, 0) is 31.6 Å². The van der Waals surface area contributed by atoms with Crippen molar-refractivity contribution in [2.45, 2.75) is 45.6 Å². The number of allylic oxidation sites excluding steroid dienone is 1. The normalized spacial score (nSPS) is 44.8. The highest BCUT2D eigenvalue weighted by atomic mass is 16.6. The Morgan fingerprint density at radius 2 is 2.24 bits per heavy atom. The van der Waals surface area contributed by atoms with Gasteiger partial charge in [-0.1, -0.05) is 32.1 Å². The number of fused-ring (bicyclic) bond motifs is 3. The first-order chi connectivity index (χ1) is 8.05. The summed E-state index contributed by atoms with van der Waals surface area (Å²) in [5, 5.41) is 0. The maximum atomic E-state index is 11.7. The Hall–Kier alpha value is -1.05. The number of ether oxygens (including phenoxy) is 1. The Kier molecular flexibility index (Phi) is 2.26. The lowest BCUT2D eigenvalue weighted by atomic mass is 9.56. The molecule has 2 aliphatic carbocycles. The van der Waals surface area contributed by atoms with Crippen LogP contribution in [0, 0.1) is 17.3 Å². The molecule has 3 aliphatic rings. The molecule has 0 aromatic rings. The molecule has 4 atom stereocenters. The molecule has 3 rings (SSSR count). The van der Waals surface area contributed by atoms with Gasteiger partial charge in [0.25, 0.3) is 0 Å². The molecule has 0 radical (unpaired) electrons. The van der Waals surface area contributed by atoms with Gasteiger partial charge in [-0.2, -0.15) is 0 Å². The van der Waals surface area contributed by atoms with Gasteiger partial charge in [0, 0.05) is 16.9 Å². The van der Waals surface area contributed by atoms with Crippen molar-refractivity contribution in [1.82, 2.24) is 0 Å². The van der Waals surface area contributed by atoms with E-state index in [1.54, 1.807) is 0 Å². The van der Waals surface area contributed by atoms with E-state index >= 15 is 0 Å². The SMILES string of the molecule is C=C1C(=O)O[C@@H]2[C@H]1CCC1=CCC[C@@H](C)[C@]12C. The van der Waals surface area contributed by atoms with Crippen LogP contribution in [-0.4, -0.2) is 12.1 Å². The maximum Gasteiger partial charge on any atom is 0.334 e. The maximum absolute atomic E-state index is 11.7. The van der Waals surface area contributed by atoms with E-state index in [1.165, 1.54) is 18.4 Å². The molecule has 1 aliphatic heterocycles. The summed E-state index contributed by atoms with van der Waals surface area (Å²) in [5.41, 5.74) is 2.27. The van der Waals surface area contributed by atoms with Crippen molar-refractivity contribution in [3.63, 3.8) is 0 Å². The van der Waals surface area contributed by atoms with E-state index in [-0.39, 0.29) is 23.4 Å². The Bertz CT molecular complexity index is 421. The predicted molar refractivity (Wildman–Crippen MR) is 66.3 cm³/mol. The molecule has 2 heteroatoms. The third-order valence-corrected chi connectivity index (χ3v) is 5.33. The summed E-state index contributed by atoms with van der Waals surface area (Å²) < 4.78 is 5.64. The lowest BCUT2D eigenvalue weighted by Gasteiger charge is -2.49. The van der Waals surface area contributed by atoms with Gasteiger partial charge >= 0.3 is 5.97 Å². The number of esters is 1. The average molecular weight is 232 g/mol. The van der Waals surface area contributed by atoms with Crippen LogP contribution in [0.25, 0.3) is 0 Å². The fourth-order valence-corrected chi connectivity index (χ4v) is 3.96. The summed E-state index contributed by atoms with van der Waals surface area (Å²) in [7, 11) is 0. The van der Waals surface area contributed by atoms with Crippen LogP contribution in [0.1, 0.15) is 39.5 Å². The molecule has 0 aromatic carbocycles. The van der Waals surface area contributed by atoms with Crippen LogP contribution in [-0.2, 0) is 9.53 Å².